The van der Waals surface area contributed by atoms with E-state index in [1.54, 1.807) is 0 Å². The van der Waals surface area contributed by atoms with E-state index in [2.05, 4.69) is 5.32 Å². The number of nitro groups is 1. The highest BCUT2D eigenvalue weighted by Crippen LogP contribution is 2.29. The third kappa shape index (κ3) is 2.93. The molecule has 0 saturated carbocycles. The molecule has 0 aromatic heterocycles. The summed E-state index contributed by atoms with van der Waals surface area (Å²) in [6.07, 6.45) is 0.786. The lowest BCUT2D eigenvalue weighted by Crippen LogP contribution is -2.15. The zero-order valence-electron chi connectivity index (χ0n) is 9.64. The van der Waals surface area contributed by atoms with E-state index in [4.69, 9.17) is 5.11 Å². The van der Waals surface area contributed by atoms with Crippen LogP contribution in [0.25, 0.3) is 0 Å². The van der Waals surface area contributed by atoms with Crippen LogP contribution in [0.15, 0.2) is 18.2 Å². The van der Waals surface area contributed by atoms with Gasteiger partial charge in [0.15, 0.2) is 0 Å². The van der Waals surface area contributed by atoms with Gasteiger partial charge in [-0.2, -0.15) is 0 Å². The van der Waals surface area contributed by atoms with Gasteiger partial charge in [-0.25, -0.2) is 4.79 Å². The van der Waals surface area contributed by atoms with Crippen LogP contribution in [0.2, 0.25) is 0 Å². The number of nitrogens with zero attached hydrogens (tertiary/aromatic N) is 1. The van der Waals surface area contributed by atoms with E-state index < -0.39 is 10.9 Å². The van der Waals surface area contributed by atoms with Gasteiger partial charge in [-0.3, -0.25) is 10.1 Å². The Hall–Kier alpha value is -2.11. The van der Waals surface area contributed by atoms with Crippen molar-refractivity contribution in [3.63, 3.8) is 0 Å². The van der Waals surface area contributed by atoms with Gasteiger partial charge in [-0.15, -0.1) is 0 Å². The maximum Gasteiger partial charge on any atom is 0.342 e. The molecule has 0 aliphatic rings. The molecule has 6 nitrogen and oxygen atoms in total. The van der Waals surface area contributed by atoms with Crippen molar-refractivity contribution < 1.29 is 14.8 Å². The monoisotopic (exact) mass is 238 g/mol. The maximum absolute atomic E-state index is 10.9. The average molecular weight is 238 g/mol. The molecule has 1 atom stereocenters. The molecule has 0 radical (unpaired) electrons. The Labute approximate surface area is 98.4 Å². The Morgan fingerprint density at radius 3 is 2.71 bits per heavy atom. The molecular weight excluding hydrogens is 224 g/mol. The first-order valence-corrected chi connectivity index (χ1v) is 5.24. The predicted molar refractivity (Wildman–Crippen MR) is 63.4 cm³/mol. The molecule has 0 amide bonds. The van der Waals surface area contributed by atoms with Crippen LogP contribution in [0, 0.1) is 10.1 Å². The van der Waals surface area contributed by atoms with Crippen LogP contribution in [-0.4, -0.2) is 22.0 Å². The lowest BCUT2D eigenvalue weighted by Gasteiger charge is -2.13. The summed E-state index contributed by atoms with van der Waals surface area (Å²) in [4.78, 5) is 21.1. The van der Waals surface area contributed by atoms with Crippen molar-refractivity contribution in [3.8, 4) is 0 Å². The van der Waals surface area contributed by atoms with Gasteiger partial charge in [-0.1, -0.05) is 13.0 Å². The quantitative estimate of drug-likeness (QED) is 0.607. The van der Waals surface area contributed by atoms with Crippen molar-refractivity contribution in [2.24, 2.45) is 0 Å². The summed E-state index contributed by atoms with van der Waals surface area (Å²) in [5, 5.41) is 22.7. The van der Waals surface area contributed by atoms with Gasteiger partial charge in [-0.05, 0) is 25.5 Å². The number of nitrogens with one attached hydrogen (secondary N) is 1. The fraction of sp³-hybridized carbons (Fsp3) is 0.364. The normalized spacial score (nSPS) is 11.9. The molecule has 6 heteroatoms. The lowest BCUT2D eigenvalue weighted by atomic mass is 10.1. The van der Waals surface area contributed by atoms with Crippen molar-refractivity contribution in [2.45, 2.75) is 26.3 Å². The van der Waals surface area contributed by atoms with Gasteiger partial charge in [0.05, 0.1) is 4.92 Å². The molecule has 0 aliphatic heterocycles. The lowest BCUT2D eigenvalue weighted by molar-refractivity contribution is -0.384. The Morgan fingerprint density at radius 1 is 1.59 bits per heavy atom. The topological polar surface area (TPSA) is 92.5 Å². The summed E-state index contributed by atoms with van der Waals surface area (Å²) in [6, 6.07) is 4.26. The number of aromatic carboxylic acids is 1. The summed E-state index contributed by atoms with van der Waals surface area (Å²) in [6.45, 7) is 3.81. The largest absolute Gasteiger partial charge is 0.477 e. The molecule has 0 bridgehead atoms. The zero-order valence-corrected chi connectivity index (χ0v) is 9.64. The van der Waals surface area contributed by atoms with Gasteiger partial charge in [0.25, 0.3) is 0 Å². The molecule has 1 unspecified atom stereocenters. The third-order valence-corrected chi connectivity index (χ3v) is 2.46. The van der Waals surface area contributed by atoms with E-state index in [1.807, 2.05) is 13.8 Å². The molecule has 0 fully saturated rings. The second kappa shape index (κ2) is 5.29. The van der Waals surface area contributed by atoms with Crippen LogP contribution in [-0.2, 0) is 0 Å². The van der Waals surface area contributed by atoms with Crippen LogP contribution in [0.3, 0.4) is 0 Å². The van der Waals surface area contributed by atoms with E-state index in [-0.39, 0.29) is 23.0 Å². The molecule has 0 spiro atoms. The van der Waals surface area contributed by atoms with Crippen LogP contribution in [0.5, 0.6) is 0 Å². The molecule has 1 aromatic carbocycles. The van der Waals surface area contributed by atoms with Gasteiger partial charge in [0.1, 0.15) is 11.3 Å². The summed E-state index contributed by atoms with van der Waals surface area (Å²) in [5.41, 5.74) is -0.451. The Bertz CT molecular complexity index is 445. The van der Waals surface area contributed by atoms with Crippen molar-refractivity contribution in [3.05, 3.63) is 33.9 Å². The zero-order chi connectivity index (χ0) is 13.0. The van der Waals surface area contributed by atoms with Crippen molar-refractivity contribution in [2.75, 3.05) is 5.32 Å². The van der Waals surface area contributed by atoms with Gasteiger partial charge in [0.2, 0.25) is 0 Å². The van der Waals surface area contributed by atoms with Crippen molar-refractivity contribution in [1.82, 2.24) is 0 Å². The fourth-order valence-electron chi connectivity index (χ4n) is 1.40. The molecule has 2 N–H and O–H groups in total. The SMILES string of the molecule is CCC(C)Nc1cccc(C(=O)O)c1[N+](=O)[O-]. The number of nitro benzene ring substituents is 1. The highest BCUT2D eigenvalue weighted by molar-refractivity contribution is 5.95. The Morgan fingerprint density at radius 2 is 2.24 bits per heavy atom. The number of anilines is 1. The summed E-state index contributed by atoms with van der Waals surface area (Å²) in [5.74, 6) is -1.30. The van der Waals surface area contributed by atoms with Gasteiger partial charge < -0.3 is 10.4 Å². The maximum atomic E-state index is 10.9. The first kappa shape index (κ1) is 13.0. The van der Waals surface area contributed by atoms with E-state index >= 15 is 0 Å². The highest BCUT2D eigenvalue weighted by atomic mass is 16.6. The number of rotatable bonds is 5. The number of carboxylic acid groups (broad SMARTS) is 1. The smallest absolute Gasteiger partial charge is 0.342 e. The standard InChI is InChI=1S/C11H14N2O4/c1-3-7(2)12-9-6-4-5-8(11(14)15)10(9)13(16)17/h4-7,12H,3H2,1-2H3,(H,14,15). The average Bonchev–Trinajstić information content (AvgIpc) is 2.28. The molecule has 92 valence electrons. The minimum Gasteiger partial charge on any atom is -0.477 e. The minimum atomic E-state index is -1.30. The predicted octanol–water partition coefficient (Wildman–Crippen LogP) is 2.50. The summed E-state index contributed by atoms with van der Waals surface area (Å²) in [7, 11) is 0. The molecule has 0 heterocycles. The molecule has 0 aliphatic carbocycles. The van der Waals surface area contributed by atoms with Crippen molar-refractivity contribution in [1.29, 1.82) is 0 Å². The first-order valence-electron chi connectivity index (χ1n) is 5.24. The van der Waals surface area contributed by atoms with Gasteiger partial charge >= 0.3 is 11.7 Å². The van der Waals surface area contributed by atoms with Crippen molar-refractivity contribution >= 4 is 17.3 Å². The summed E-state index contributed by atoms with van der Waals surface area (Å²) >= 11 is 0. The summed E-state index contributed by atoms with van der Waals surface area (Å²) < 4.78 is 0. The van der Waals surface area contributed by atoms with Crippen LogP contribution in [0.4, 0.5) is 11.4 Å². The second-order valence-electron chi connectivity index (χ2n) is 3.72. The Balaban J connectivity index is 3.25. The van der Waals surface area contributed by atoms with Gasteiger partial charge in [0, 0.05) is 6.04 Å². The Kier molecular flexibility index (Phi) is 4.03. The number of para-hydroxylation sites is 1. The number of hydrogen-bond acceptors (Lipinski definition) is 4. The first-order chi connectivity index (χ1) is 7.97. The molecule has 0 saturated heterocycles. The third-order valence-electron chi connectivity index (χ3n) is 2.46. The number of carbonyl (C=O) groups is 1. The van der Waals surface area contributed by atoms with E-state index in [0.717, 1.165) is 6.42 Å². The molecule has 1 aromatic rings. The van der Waals surface area contributed by atoms with E-state index in [9.17, 15) is 14.9 Å². The van der Waals surface area contributed by atoms with Crippen LogP contribution < -0.4 is 5.32 Å². The highest BCUT2D eigenvalue weighted by Gasteiger charge is 2.24. The van der Waals surface area contributed by atoms with E-state index in [0.29, 0.717) is 0 Å². The number of benzene rings is 1. The second-order valence-corrected chi connectivity index (χ2v) is 3.72. The number of carboxylic acids is 1. The minimum absolute atomic E-state index is 0.0396. The number of hydrogen-bond donors (Lipinski definition) is 2. The molecule has 17 heavy (non-hydrogen) atoms. The molecular formula is C11H14N2O4. The van der Waals surface area contributed by atoms with Crippen LogP contribution in [0.1, 0.15) is 30.6 Å². The van der Waals surface area contributed by atoms with Crippen LogP contribution >= 0.6 is 0 Å². The van der Waals surface area contributed by atoms with E-state index in [1.165, 1.54) is 18.2 Å². The molecule has 1 rings (SSSR count). The fourth-order valence-corrected chi connectivity index (χ4v) is 1.40.